The van der Waals surface area contributed by atoms with Gasteiger partial charge in [0.25, 0.3) is 0 Å². The molecule has 0 heterocycles. The highest BCUT2D eigenvalue weighted by Crippen LogP contribution is 2.18. The highest BCUT2D eigenvalue weighted by molar-refractivity contribution is 5.88. The standard InChI is InChI=1S/C7H10F3NO3/c8-7(9,10)5(13)1-2-6(14)11-3-4-12/h12H,1-4H2,(H,11,14). The number of ketones is 1. The van der Waals surface area contributed by atoms with Gasteiger partial charge in [0.2, 0.25) is 11.7 Å². The molecule has 0 aromatic carbocycles. The molecule has 0 saturated carbocycles. The second kappa shape index (κ2) is 5.58. The number of alkyl halides is 3. The molecule has 4 nitrogen and oxygen atoms in total. The van der Waals surface area contributed by atoms with Crippen molar-refractivity contribution < 1.29 is 27.9 Å². The van der Waals surface area contributed by atoms with Gasteiger partial charge in [0.15, 0.2) is 0 Å². The van der Waals surface area contributed by atoms with E-state index in [1.807, 2.05) is 0 Å². The highest BCUT2D eigenvalue weighted by atomic mass is 19.4. The molecular formula is C7H10F3NO3. The SMILES string of the molecule is O=C(CCC(=O)C(F)(F)F)NCCO. The molecule has 82 valence electrons. The fourth-order valence-electron chi connectivity index (χ4n) is 0.653. The first-order valence-corrected chi connectivity index (χ1v) is 3.85. The van der Waals surface area contributed by atoms with E-state index in [9.17, 15) is 22.8 Å². The minimum Gasteiger partial charge on any atom is -0.395 e. The monoisotopic (exact) mass is 213 g/mol. The largest absolute Gasteiger partial charge is 0.449 e. The van der Waals surface area contributed by atoms with Gasteiger partial charge in [0.1, 0.15) is 0 Å². The van der Waals surface area contributed by atoms with E-state index in [1.54, 1.807) is 0 Å². The first-order chi connectivity index (χ1) is 6.38. The zero-order valence-corrected chi connectivity index (χ0v) is 7.23. The van der Waals surface area contributed by atoms with Crippen LogP contribution in [0, 0.1) is 0 Å². The van der Waals surface area contributed by atoms with Crippen LogP contribution < -0.4 is 5.32 Å². The highest BCUT2D eigenvalue weighted by Gasteiger charge is 2.37. The van der Waals surface area contributed by atoms with Gasteiger partial charge in [-0.2, -0.15) is 13.2 Å². The molecular weight excluding hydrogens is 203 g/mol. The van der Waals surface area contributed by atoms with Crippen LogP contribution in [0.15, 0.2) is 0 Å². The summed E-state index contributed by atoms with van der Waals surface area (Å²) < 4.78 is 34.9. The number of nitrogens with one attached hydrogen (secondary N) is 1. The number of amides is 1. The summed E-state index contributed by atoms with van der Waals surface area (Å²) in [5.74, 6) is -2.60. The molecule has 0 atom stereocenters. The second-order valence-electron chi connectivity index (χ2n) is 2.49. The number of hydrogen-bond acceptors (Lipinski definition) is 3. The van der Waals surface area contributed by atoms with E-state index in [-0.39, 0.29) is 13.2 Å². The summed E-state index contributed by atoms with van der Waals surface area (Å²) in [7, 11) is 0. The van der Waals surface area contributed by atoms with Crippen LogP contribution in [-0.2, 0) is 9.59 Å². The lowest BCUT2D eigenvalue weighted by Gasteiger charge is -2.05. The second-order valence-corrected chi connectivity index (χ2v) is 2.49. The first kappa shape index (κ1) is 12.9. The maximum Gasteiger partial charge on any atom is 0.449 e. The molecule has 0 aromatic heterocycles. The third-order valence-corrected chi connectivity index (χ3v) is 1.33. The van der Waals surface area contributed by atoms with Crippen LogP contribution in [0.3, 0.4) is 0 Å². The number of aliphatic hydroxyl groups excluding tert-OH is 1. The molecule has 0 aliphatic carbocycles. The maximum atomic E-state index is 11.6. The number of hydrogen-bond donors (Lipinski definition) is 2. The van der Waals surface area contributed by atoms with Crippen molar-refractivity contribution in [3.8, 4) is 0 Å². The minimum absolute atomic E-state index is 0.0287. The van der Waals surface area contributed by atoms with E-state index in [1.165, 1.54) is 0 Å². The molecule has 0 aliphatic heterocycles. The summed E-state index contributed by atoms with van der Waals surface area (Å²) in [6.45, 7) is -0.321. The average molecular weight is 213 g/mol. The summed E-state index contributed by atoms with van der Waals surface area (Å²) in [6, 6.07) is 0. The third-order valence-electron chi connectivity index (χ3n) is 1.33. The van der Waals surface area contributed by atoms with Crippen molar-refractivity contribution >= 4 is 11.7 Å². The van der Waals surface area contributed by atoms with Gasteiger partial charge in [0.05, 0.1) is 6.61 Å². The van der Waals surface area contributed by atoms with Crippen LogP contribution in [0.5, 0.6) is 0 Å². The van der Waals surface area contributed by atoms with E-state index >= 15 is 0 Å². The van der Waals surface area contributed by atoms with Crippen LogP contribution >= 0.6 is 0 Å². The first-order valence-electron chi connectivity index (χ1n) is 3.85. The van der Waals surface area contributed by atoms with Gasteiger partial charge in [0, 0.05) is 19.4 Å². The Kier molecular flexibility index (Phi) is 5.14. The zero-order chi connectivity index (χ0) is 11.2. The third kappa shape index (κ3) is 5.52. The van der Waals surface area contributed by atoms with Crippen molar-refractivity contribution in [1.29, 1.82) is 0 Å². The Morgan fingerprint density at radius 1 is 1.21 bits per heavy atom. The van der Waals surface area contributed by atoms with Gasteiger partial charge in [-0.1, -0.05) is 0 Å². The van der Waals surface area contributed by atoms with Crippen LogP contribution in [0.1, 0.15) is 12.8 Å². The number of carbonyl (C=O) groups is 2. The quantitative estimate of drug-likeness (QED) is 0.675. The molecule has 2 N–H and O–H groups in total. The minimum atomic E-state index is -4.88. The van der Waals surface area contributed by atoms with Crippen molar-refractivity contribution in [2.24, 2.45) is 0 Å². The molecule has 0 fully saturated rings. The summed E-state index contributed by atoms with van der Waals surface area (Å²) >= 11 is 0. The molecule has 0 aromatic rings. The van der Waals surface area contributed by atoms with E-state index < -0.39 is 30.7 Å². The Morgan fingerprint density at radius 2 is 1.79 bits per heavy atom. The molecule has 0 rings (SSSR count). The normalized spacial score (nSPS) is 11.1. The number of halogens is 3. The van der Waals surface area contributed by atoms with E-state index in [0.29, 0.717) is 0 Å². The summed E-state index contributed by atoms with van der Waals surface area (Å²) in [4.78, 5) is 21.0. The van der Waals surface area contributed by atoms with E-state index in [0.717, 1.165) is 0 Å². The summed E-state index contributed by atoms with van der Waals surface area (Å²) in [5, 5.41) is 10.4. The van der Waals surface area contributed by atoms with Crippen LogP contribution in [0.4, 0.5) is 13.2 Å². The molecule has 0 aliphatic rings. The number of carbonyl (C=O) groups excluding carboxylic acids is 2. The Morgan fingerprint density at radius 3 is 2.21 bits per heavy atom. The Hall–Kier alpha value is -1.11. The van der Waals surface area contributed by atoms with Crippen LogP contribution in [0.2, 0.25) is 0 Å². The molecule has 0 radical (unpaired) electrons. The van der Waals surface area contributed by atoms with Crippen molar-refractivity contribution in [1.82, 2.24) is 5.32 Å². The maximum absolute atomic E-state index is 11.6. The van der Waals surface area contributed by atoms with Gasteiger partial charge in [-0.05, 0) is 0 Å². The average Bonchev–Trinajstić information content (AvgIpc) is 2.09. The van der Waals surface area contributed by atoms with Crippen molar-refractivity contribution in [3.63, 3.8) is 0 Å². The van der Waals surface area contributed by atoms with Crippen LogP contribution in [-0.4, -0.2) is 36.1 Å². The smallest absolute Gasteiger partial charge is 0.395 e. The molecule has 7 heteroatoms. The molecule has 0 bridgehead atoms. The Balaban J connectivity index is 3.73. The Labute approximate surface area is 78.1 Å². The lowest BCUT2D eigenvalue weighted by Crippen LogP contribution is -2.29. The fourth-order valence-corrected chi connectivity index (χ4v) is 0.653. The lowest BCUT2D eigenvalue weighted by atomic mass is 10.2. The number of aliphatic hydroxyl groups is 1. The van der Waals surface area contributed by atoms with Crippen LogP contribution in [0.25, 0.3) is 0 Å². The van der Waals surface area contributed by atoms with E-state index in [2.05, 4.69) is 5.32 Å². The summed E-state index contributed by atoms with van der Waals surface area (Å²) in [5.41, 5.74) is 0. The fraction of sp³-hybridized carbons (Fsp3) is 0.714. The van der Waals surface area contributed by atoms with Gasteiger partial charge < -0.3 is 10.4 Å². The summed E-state index contributed by atoms with van der Waals surface area (Å²) in [6.07, 6.45) is -6.25. The van der Waals surface area contributed by atoms with Crippen molar-refractivity contribution in [2.45, 2.75) is 19.0 Å². The zero-order valence-electron chi connectivity index (χ0n) is 7.23. The molecule has 0 spiro atoms. The number of Topliss-reactive ketones (excluding diaryl/α,β-unsaturated/α-hetero) is 1. The van der Waals surface area contributed by atoms with Crippen molar-refractivity contribution in [3.05, 3.63) is 0 Å². The predicted molar refractivity (Wildman–Crippen MR) is 40.4 cm³/mol. The van der Waals surface area contributed by atoms with Crippen molar-refractivity contribution in [2.75, 3.05) is 13.2 Å². The topological polar surface area (TPSA) is 66.4 Å². The molecule has 0 unspecified atom stereocenters. The molecule has 14 heavy (non-hydrogen) atoms. The van der Waals surface area contributed by atoms with E-state index in [4.69, 9.17) is 5.11 Å². The Bertz CT molecular complexity index is 215. The number of rotatable bonds is 5. The van der Waals surface area contributed by atoms with Gasteiger partial charge >= 0.3 is 6.18 Å². The molecule has 0 saturated heterocycles. The van der Waals surface area contributed by atoms with Gasteiger partial charge in [-0.25, -0.2) is 0 Å². The lowest BCUT2D eigenvalue weighted by molar-refractivity contribution is -0.171. The predicted octanol–water partition coefficient (Wildman–Crippen LogP) is 0.00650. The molecule has 1 amide bonds. The van der Waals surface area contributed by atoms with Gasteiger partial charge in [-0.15, -0.1) is 0 Å². The van der Waals surface area contributed by atoms with Gasteiger partial charge in [-0.3, -0.25) is 9.59 Å².